The number of allylic oxidation sites excluding steroid dienone is 1. The molecule has 1 atom stereocenters. The van der Waals surface area contributed by atoms with E-state index in [2.05, 4.69) is 20.9 Å². The SMILES string of the molecule is CCOC(=O)C1=C(C)N=c2s/c(=C\c3ccc(OCC)c(Br)c3)c(=O)n2[C@@H]1c1cc(OC)ccc1OC. The van der Waals surface area contributed by atoms with Gasteiger partial charge in [-0.05, 0) is 78.7 Å². The van der Waals surface area contributed by atoms with E-state index in [4.69, 9.17) is 18.9 Å². The number of hydrogen-bond acceptors (Lipinski definition) is 8. The average Bonchev–Trinajstić information content (AvgIpc) is 3.18. The number of benzene rings is 2. The van der Waals surface area contributed by atoms with Crippen molar-refractivity contribution in [3.8, 4) is 17.2 Å². The smallest absolute Gasteiger partial charge is 0.338 e. The highest BCUT2D eigenvalue weighted by Gasteiger charge is 2.35. The number of hydrogen-bond donors (Lipinski definition) is 0. The third-order valence-corrected chi connectivity index (χ3v) is 7.40. The van der Waals surface area contributed by atoms with Crippen molar-refractivity contribution in [2.45, 2.75) is 26.8 Å². The monoisotopic (exact) mass is 586 g/mol. The number of halogens is 1. The normalized spacial score (nSPS) is 15.2. The molecule has 1 aliphatic heterocycles. The van der Waals surface area contributed by atoms with Crippen molar-refractivity contribution in [3.63, 3.8) is 0 Å². The molecule has 194 valence electrons. The first-order valence-electron chi connectivity index (χ1n) is 11.7. The predicted molar refractivity (Wildman–Crippen MR) is 145 cm³/mol. The second-order valence-corrected chi connectivity index (χ2v) is 9.90. The van der Waals surface area contributed by atoms with Crippen molar-refractivity contribution in [3.05, 3.63) is 83.0 Å². The van der Waals surface area contributed by atoms with Crippen LogP contribution in [0.3, 0.4) is 0 Å². The predicted octanol–water partition coefficient (Wildman–Crippen LogP) is 3.98. The van der Waals surface area contributed by atoms with E-state index < -0.39 is 12.0 Å². The summed E-state index contributed by atoms with van der Waals surface area (Å²) in [7, 11) is 3.10. The number of esters is 1. The second kappa shape index (κ2) is 11.4. The summed E-state index contributed by atoms with van der Waals surface area (Å²) in [6.07, 6.45) is 1.80. The summed E-state index contributed by atoms with van der Waals surface area (Å²) in [6.45, 7) is 6.13. The molecule has 3 aromatic rings. The van der Waals surface area contributed by atoms with E-state index in [-0.39, 0.29) is 17.7 Å². The zero-order valence-corrected chi connectivity index (χ0v) is 23.6. The average molecular weight is 587 g/mol. The van der Waals surface area contributed by atoms with Gasteiger partial charge in [-0.15, -0.1) is 0 Å². The Kier molecular flexibility index (Phi) is 8.19. The van der Waals surface area contributed by atoms with E-state index in [1.807, 2.05) is 25.1 Å². The lowest BCUT2D eigenvalue weighted by atomic mass is 9.94. The lowest BCUT2D eigenvalue weighted by molar-refractivity contribution is -0.139. The van der Waals surface area contributed by atoms with Gasteiger partial charge in [0.25, 0.3) is 5.56 Å². The molecule has 0 fully saturated rings. The van der Waals surface area contributed by atoms with Crippen LogP contribution < -0.4 is 29.1 Å². The molecule has 0 N–H and O–H groups in total. The highest BCUT2D eigenvalue weighted by molar-refractivity contribution is 9.10. The van der Waals surface area contributed by atoms with Crippen molar-refractivity contribution < 1.29 is 23.7 Å². The van der Waals surface area contributed by atoms with Crippen LogP contribution in [-0.4, -0.2) is 38.0 Å². The Labute approximate surface area is 226 Å². The van der Waals surface area contributed by atoms with Gasteiger partial charge in [-0.25, -0.2) is 9.79 Å². The maximum absolute atomic E-state index is 13.8. The Balaban J connectivity index is 1.96. The van der Waals surface area contributed by atoms with Crippen molar-refractivity contribution in [1.29, 1.82) is 0 Å². The van der Waals surface area contributed by atoms with E-state index in [1.54, 1.807) is 52.3 Å². The molecule has 0 unspecified atom stereocenters. The summed E-state index contributed by atoms with van der Waals surface area (Å²) in [5.41, 5.74) is 1.88. The molecule has 0 radical (unpaired) electrons. The number of fused-ring (bicyclic) bond motifs is 1. The van der Waals surface area contributed by atoms with Gasteiger partial charge in [-0.2, -0.15) is 0 Å². The molecule has 1 aliphatic rings. The minimum absolute atomic E-state index is 0.189. The molecule has 0 bridgehead atoms. The maximum Gasteiger partial charge on any atom is 0.338 e. The van der Waals surface area contributed by atoms with Crippen LogP contribution in [0.4, 0.5) is 0 Å². The zero-order valence-electron chi connectivity index (χ0n) is 21.2. The standard InChI is InChI=1S/C27H27BrN2O6S/c1-6-35-21-10-8-16(12-19(21)28)13-22-25(31)30-24(18-14-17(33-4)9-11-20(18)34-5)23(26(32)36-7-2)15(3)29-27(30)37-22/h8-14,24H,6-7H2,1-5H3/b22-13-/t24-/m1/s1. The Hall–Kier alpha value is -3.37. The van der Waals surface area contributed by atoms with Crippen LogP contribution in [0.5, 0.6) is 17.2 Å². The van der Waals surface area contributed by atoms with E-state index >= 15 is 0 Å². The van der Waals surface area contributed by atoms with Gasteiger partial charge in [0, 0.05) is 5.56 Å². The number of methoxy groups -OCH3 is 2. The molecule has 0 aliphatic carbocycles. The van der Waals surface area contributed by atoms with Crippen molar-refractivity contribution >= 4 is 39.3 Å². The number of rotatable bonds is 8. The summed E-state index contributed by atoms with van der Waals surface area (Å²) < 4.78 is 24.8. The van der Waals surface area contributed by atoms with Crippen LogP contribution in [-0.2, 0) is 9.53 Å². The molecule has 0 spiro atoms. The first-order chi connectivity index (χ1) is 17.8. The molecule has 37 heavy (non-hydrogen) atoms. The molecule has 10 heteroatoms. The molecule has 1 aromatic heterocycles. The molecule has 0 amide bonds. The van der Waals surface area contributed by atoms with Crippen LogP contribution in [0, 0.1) is 0 Å². The topological polar surface area (TPSA) is 88.4 Å². The van der Waals surface area contributed by atoms with Gasteiger partial charge in [0.05, 0.1) is 47.7 Å². The maximum atomic E-state index is 13.8. The van der Waals surface area contributed by atoms with E-state index in [9.17, 15) is 9.59 Å². The van der Waals surface area contributed by atoms with Crippen LogP contribution in [0.1, 0.15) is 37.9 Å². The highest BCUT2D eigenvalue weighted by Crippen LogP contribution is 2.37. The third-order valence-electron chi connectivity index (χ3n) is 5.80. The number of aromatic nitrogens is 1. The van der Waals surface area contributed by atoms with Gasteiger partial charge >= 0.3 is 5.97 Å². The van der Waals surface area contributed by atoms with E-state index in [1.165, 1.54) is 15.9 Å². The number of carbonyl (C=O) groups excluding carboxylic acids is 1. The lowest BCUT2D eigenvalue weighted by Crippen LogP contribution is -2.40. The van der Waals surface area contributed by atoms with Crippen molar-refractivity contribution in [1.82, 2.24) is 4.57 Å². The first kappa shape index (κ1) is 26.7. The molecular weight excluding hydrogens is 560 g/mol. The number of carbonyl (C=O) groups is 1. The minimum Gasteiger partial charge on any atom is -0.497 e. The van der Waals surface area contributed by atoms with E-state index in [0.29, 0.717) is 38.7 Å². The van der Waals surface area contributed by atoms with Gasteiger partial charge < -0.3 is 18.9 Å². The second-order valence-electron chi connectivity index (χ2n) is 8.03. The number of nitrogens with zero attached hydrogens (tertiary/aromatic N) is 2. The van der Waals surface area contributed by atoms with Gasteiger partial charge in [0.1, 0.15) is 23.3 Å². The summed E-state index contributed by atoms with van der Waals surface area (Å²) in [4.78, 5) is 32.1. The fraction of sp³-hybridized carbons (Fsp3) is 0.296. The van der Waals surface area contributed by atoms with Crippen molar-refractivity contribution in [2.24, 2.45) is 4.99 Å². The Bertz CT molecular complexity index is 1560. The lowest BCUT2D eigenvalue weighted by Gasteiger charge is -2.26. The summed E-state index contributed by atoms with van der Waals surface area (Å²) >= 11 is 4.78. The largest absolute Gasteiger partial charge is 0.497 e. The van der Waals surface area contributed by atoms with Crippen molar-refractivity contribution in [2.75, 3.05) is 27.4 Å². The Morgan fingerprint density at radius 3 is 2.51 bits per heavy atom. The highest BCUT2D eigenvalue weighted by atomic mass is 79.9. The van der Waals surface area contributed by atoms with Gasteiger partial charge in [-0.3, -0.25) is 9.36 Å². The Morgan fingerprint density at radius 2 is 1.86 bits per heavy atom. The summed E-state index contributed by atoms with van der Waals surface area (Å²) in [6, 6.07) is 10.1. The molecule has 4 rings (SSSR count). The third kappa shape index (κ3) is 5.21. The number of thiazole rings is 1. The molecule has 2 heterocycles. The minimum atomic E-state index is -0.811. The summed E-state index contributed by atoms with van der Waals surface area (Å²) in [5, 5.41) is 0. The quantitative estimate of drug-likeness (QED) is 0.371. The van der Waals surface area contributed by atoms with Crippen LogP contribution in [0.25, 0.3) is 6.08 Å². The molecule has 2 aromatic carbocycles. The Morgan fingerprint density at radius 1 is 1.11 bits per heavy atom. The summed E-state index contributed by atoms with van der Waals surface area (Å²) in [5.74, 6) is 1.26. The van der Waals surface area contributed by atoms with Crippen LogP contribution in [0.15, 0.2) is 61.9 Å². The van der Waals surface area contributed by atoms with Crippen LogP contribution in [0.2, 0.25) is 0 Å². The molecule has 0 saturated carbocycles. The van der Waals surface area contributed by atoms with Gasteiger partial charge in [-0.1, -0.05) is 17.4 Å². The van der Waals surface area contributed by atoms with Gasteiger partial charge in [0.2, 0.25) is 0 Å². The fourth-order valence-electron chi connectivity index (χ4n) is 4.17. The molecule has 0 saturated heterocycles. The van der Waals surface area contributed by atoms with Crippen LogP contribution >= 0.6 is 27.3 Å². The molecule has 8 nitrogen and oxygen atoms in total. The van der Waals surface area contributed by atoms with E-state index in [0.717, 1.165) is 15.8 Å². The zero-order chi connectivity index (χ0) is 26.7. The fourth-order valence-corrected chi connectivity index (χ4v) is 5.73. The molecular formula is C27H27BrN2O6S. The first-order valence-corrected chi connectivity index (χ1v) is 13.3. The van der Waals surface area contributed by atoms with Gasteiger partial charge in [0.15, 0.2) is 4.80 Å². The number of ether oxygens (including phenoxy) is 4.